The Bertz CT molecular complexity index is 1090. The van der Waals surface area contributed by atoms with Crippen molar-refractivity contribution in [1.82, 2.24) is 16.0 Å². The zero-order valence-corrected chi connectivity index (χ0v) is 21.5. The molecule has 200 valence electrons. The zero-order chi connectivity index (χ0) is 26.3. The maximum atomic E-state index is 14.4. The SMILES string of the molecule is CCc1cccc(C2(NC[C@@H](O)[C@@H]3Cc4cc(F)cc(c4)OCCCCNC(=O)CCC(=O)N3)CC2)c1. The molecule has 0 saturated heterocycles. The maximum Gasteiger partial charge on any atom is 0.220 e. The van der Waals surface area contributed by atoms with E-state index in [1.807, 2.05) is 0 Å². The van der Waals surface area contributed by atoms with Crippen LogP contribution in [-0.4, -0.2) is 48.8 Å². The van der Waals surface area contributed by atoms with Gasteiger partial charge in [-0.25, -0.2) is 4.39 Å². The highest BCUT2D eigenvalue weighted by atomic mass is 19.1. The van der Waals surface area contributed by atoms with Crippen LogP contribution < -0.4 is 20.7 Å². The largest absolute Gasteiger partial charge is 0.493 e. The Morgan fingerprint density at radius 1 is 1.14 bits per heavy atom. The Balaban J connectivity index is 1.48. The summed E-state index contributed by atoms with van der Waals surface area (Å²) in [4.78, 5) is 24.8. The topological polar surface area (TPSA) is 99.7 Å². The van der Waals surface area contributed by atoms with Crippen LogP contribution in [0.1, 0.15) is 62.1 Å². The van der Waals surface area contributed by atoms with Crippen LogP contribution in [0.15, 0.2) is 42.5 Å². The summed E-state index contributed by atoms with van der Waals surface area (Å²) in [5, 5.41) is 20.4. The summed E-state index contributed by atoms with van der Waals surface area (Å²) in [7, 11) is 0. The number of carbonyl (C=O) groups is 2. The predicted molar refractivity (Wildman–Crippen MR) is 140 cm³/mol. The molecule has 2 aliphatic rings. The van der Waals surface area contributed by atoms with Gasteiger partial charge >= 0.3 is 0 Å². The summed E-state index contributed by atoms with van der Waals surface area (Å²) < 4.78 is 20.1. The van der Waals surface area contributed by atoms with Gasteiger partial charge in [0.05, 0.1) is 18.8 Å². The number of halogens is 1. The van der Waals surface area contributed by atoms with Crippen molar-refractivity contribution < 1.29 is 23.8 Å². The Labute approximate surface area is 218 Å². The Morgan fingerprint density at radius 3 is 2.73 bits per heavy atom. The number of amides is 2. The van der Waals surface area contributed by atoms with E-state index in [1.165, 1.54) is 23.3 Å². The number of carbonyl (C=O) groups excluding carboxylic acids is 2. The number of aryl methyl sites for hydroxylation is 1. The van der Waals surface area contributed by atoms with Crippen LogP contribution in [0.25, 0.3) is 0 Å². The zero-order valence-electron chi connectivity index (χ0n) is 21.5. The fourth-order valence-electron chi connectivity index (χ4n) is 4.82. The first-order valence-corrected chi connectivity index (χ1v) is 13.4. The average molecular weight is 512 g/mol. The van der Waals surface area contributed by atoms with E-state index in [9.17, 15) is 19.1 Å². The molecule has 2 atom stereocenters. The van der Waals surface area contributed by atoms with Crippen molar-refractivity contribution >= 4 is 11.8 Å². The predicted octanol–water partition coefficient (Wildman–Crippen LogP) is 3.12. The molecule has 4 N–H and O–H groups in total. The van der Waals surface area contributed by atoms with Gasteiger partial charge in [0.2, 0.25) is 11.8 Å². The van der Waals surface area contributed by atoms with Crippen LogP contribution in [0.2, 0.25) is 0 Å². The second-order valence-electron chi connectivity index (χ2n) is 10.2. The van der Waals surface area contributed by atoms with Gasteiger partial charge < -0.3 is 25.8 Å². The average Bonchev–Trinajstić information content (AvgIpc) is 3.68. The standard InChI is InChI=1S/C29H38FN3O4/c1-2-20-6-5-7-22(14-20)29(10-11-29)32-19-26(34)25-17-21-15-23(30)18-24(16-21)37-13-4-3-12-31-27(35)8-9-28(36)33-25/h5-7,14-16,18,25-26,32,34H,2-4,8-13,17,19H2,1H3,(H,31,35)(H,33,36)/t25-,26+/m0/s1. The van der Waals surface area contributed by atoms with Crippen molar-refractivity contribution in [3.63, 3.8) is 0 Å². The molecule has 1 aliphatic carbocycles. The quantitative estimate of drug-likeness (QED) is 0.478. The van der Waals surface area contributed by atoms with Crippen LogP contribution in [0.3, 0.4) is 0 Å². The molecule has 4 rings (SSSR count). The van der Waals surface area contributed by atoms with Crippen LogP contribution >= 0.6 is 0 Å². The first-order valence-electron chi connectivity index (χ1n) is 13.4. The highest BCUT2D eigenvalue weighted by molar-refractivity contribution is 5.83. The minimum absolute atomic E-state index is 0.0216. The lowest BCUT2D eigenvalue weighted by molar-refractivity contribution is -0.127. The number of aliphatic hydroxyl groups excluding tert-OH is 1. The molecule has 2 aromatic rings. The highest BCUT2D eigenvalue weighted by Gasteiger charge is 2.44. The monoisotopic (exact) mass is 511 g/mol. The molecule has 1 aliphatic heterocycles. The summed E-state index contributed by atoms with van der Waals surface area (Å²) in [5.74, 6) is -0.516. The van der Waals surface area contributed by atoms with E-state index >= 15 is 0 Å². The number of fused-ring (bicyclic) bond motifs is 2. The van der Waals surface area contributed by atoms with Gasteiger partial charge in [-0.2, -0.15) is 0 Å². The second-order valence-corrected chi connectivity index (χ2v) is 10.2. The third-order valence-corrected chi connectivity index (χ3v) is 7.23. The molecule has 1 heterocycles. The molecular weight excluding hydrogens is 473 g/mol. The molecule has 0 unspecified atom stereocenters. The van der Waals surface area contributed by atoms with Crippen LogP contribution in [0, 0.1) is 5.82 Å². The van der Waals surface area contributed by atoms with Gasteiger partial charge in [-0.3, -0.25) is 9.59 Å². The summed E-state index contributed by atoms with van der Waals surface area (Å²) in [5.41, 5.74) is 2.93. The normalized spacial score (nSPS) is 21.3. The van der Waals surface area contributed by atoms with Crippen LogP contribution in [0.4, 0.5) is 4.39 Å². The van der Waals surface area contributed by atoms with Gasteiger partial charge in [-0.15, -0.1) is 0 Å². The fraction of sp³-hybridized carbons (Fsp3) is 0.517. The molecule has 0 radical (unpaired) electrons. The lowest BCUT2D eigenvalue weighted by Crippen LogP contribution is -2.50. The summed E-state index contributed by atoms with van der Waals surface area (Å²) in [6, 6.07) is 12.3. The number of rotatable bonds is 6. The third-order valence-electron chi connectivity index (χ3n) is 7.23. The lowest BCUT2D eigenvalue weighted by atomic mass is 9.98. The highest BCUT2D eigenvalue weighted by Crippen LogP contribution is 2.45. The number of ether oxygens (including phenoxy) is 1. The maximum absolute atomic E-state index is 14.4. The van der Waals surface area contributed by atoms with E-state index in [2.05, 4.69) is 47.1 Å². The van der Waals surface area contributed by atoms with Crippen LogP contribution in [-0.2, 0) is 28.0 Å². The van der Waals surface area contributed by atoms with Crippen molar-refractivity contribution in [2.24, 2.45) is 0 Å². The molecule has 2 aromatic carbocycles. The molecule has 1 fully saturated rings. The molecule has 2 bridgehead atoms. The van der Waals surface area contributed by atoms with E-state index in [0.29, 0.717) is 30.9 Å². The minimum Gasteiger partial charge on any atom is -0.493 e. The van der Waals surface area contributed by atoms with Gasteiger partial charge in [0, 0.05) is 37.5 Å². The van der Waals surface area contributed by atoms with Crippen molar-refractivity contribution in [2.45, 2.75) is 76.0 Å². The van der Waals surface area contributed by atoms with Gasteiger partial charge in [0.15, 0.2) is 0 Å². The molecule has 7 nitrogen and oxygen atoms in total. The molecule has 0 aromatic heterocycles. The lowest BCUT2D eigenvalue weighted by Gasteiger charge is -2.27. The summed E-state index contributed by atoms with van der Waals surface area (Å²) >= 11 is 0. The van der Waals surface area contributed by atoms with Crippen molar-refractivity contribution in [3.8, 4) is 5.75 Å². The van der Waals surface area contributed by atoms with E-state index < -0.39 is 18.0 Å². The van der Waals surface area contributed by atoms with Crippen LogP contribution in [0.5, 0.6) is 5.75 Å². The Kier molecular flexibility index (Phi) is 9.16. The Morgan fingerprint density at radius 2 is 1.95 bits per heavy atom. The van der Waals surface area contributed by atoms with Gasteiger partial charge in [-0.1, -0.05) is 31.2 Å². The summed E-state index contributed by atoms with van der Waals surface area (Å²) in [6.45, 7) is 3.29. The molecule has 37 heavy (non-hydrogen) atoms. The van der Waals surface area contributed by atoms with Gasteiger partial charge in [0.1, 0.15) is 11.6 Å². The smallest absolute Gasteiger partial charge is 0.220 e. The van der Waals surface area contributed by atoms with E-state index in [-0.39, 0.29) is 43.2 Å². The molecule has 0 spiro atoms. The molecular formula is C29H38FN3O4. The number of aliphatic hydroxyl groups is 1. The second kappa shape index (κ2) is 12.5. The third kappa shape index (κ3) is 7.76. The molecule has 8 heteroatoms. The number of hydrogen-bond donors (Lipinski definition) is 4. The van der Waals surface area contributed by atoms with E-state index in [4.69, 9.17) is 4.74 Å². The van der Waals surface area contributed by atoms with E-state index in [1.54, 1.807) is 6.07 Å². The first kappa shape index (κ1) is 27.1. The van der Waals surface area contributed by atoms with Gasteiger partial charge in [-0.05, 0) is 67.3 Å². The minimum atomic E-state index is -0.920. The van der Waals surface area contributed by atoms with Crippen molar-refractivity contribution in [3.05, 3.63) is 65.0 Å². The van der Waals surface area contributed by atoms with E-state index in [0.717, 1.165) is 25.7 Å². The van der Waals surface area contributed by atoms with Crippen molar-refractivity contribution in [2.75, 3.05) is 19.7 Å². The number of nitrogens with one attached hydrogen (secondary N) is 3. The number of hydrogen-bond acceptors (Lipinski definition) is 5. The fourth-order valence-corrected chi connectivity index (χ4v) is 4.82. The first-order chi connectivity index (χ1) is 17.9. The van der Waals surface area contributed by atoms with Gasteiger partial charge in [0.25, 0.3) is 0 Å². The molecule has 1 saturated carbocycles. The van der Waals surface area contributed by atoms with Crippen molar-refractivity contribution in [1.29, 1.82) is 0 Å². The Hall–Kier alpha value is -2.97. The molecule has 2 amide bonds. The summed E-state index contributed by atoms with van der Waals surface area (Å²) in [6.07, 6.45) is 3.75. The number of benzene rings is 2.